The highest BCUT2D eigenvalue weighted by molar-refractivity contribution is 6.30. The molecule has 8 heteroatoms. The van der Waals surface area contributed by atoms with Crippen LogP contribution >= 0.6 is 11.6 Å². The minimum atomic E-state index is -0.444. The van der Waals surface area contributed by atoms with E-state index < -0.39 is 5.82 Å². The summed E-state index contributed by atoms with van der Waals surface area (Å²) in [4.78, 5) is 28.2. The zero-order valence-corrected chi connectivity index (χ0v) is 17.4. The SMILES string of the molecule is CCN(CCNCC(=O)NCc1ccc2[nH]c(=O)ccc2c1)c1ccc(Cl)c(F)c1. The van der Waals surface area contributed by atoms with Gasteiger partial charge in [-0.3, -0.25) is 9.59 Å². The van der Waals surface area contributed by atoms with E-state index in [1.54, 1.807) is 18.2 Å². The number of carbonyl (C=O) groups is 1. The summed E-state index contributed by atoms with van der Waals surface area (Å²) in [7, 11) is 0. The lowest BCUT2D eigenvalue weighted by Gasteiger charge is -2.23. The molecule has 0 aliphatic rings. The van der Waals surface area contributed by atoms with Crippen LogP contribution in [0.25, 0.3) is 10.9 Å². The summed E-state index contributed by atoms with van der Waals surface area (Å²) >= 11 is 5.73. The van der Waals surface area contributed by atoms with Crippen LogP contribution in [0.2, 0.25) is 5.02 Å². The number of aromatic nitrogens is 1. The molecule has 0 atom stereocenters. The van der Waals surface area contributed by atoms with E-state index in [9.17, 15) is 14.0 Å². The molecule has 3 aromatic rings. The molecule has 0 unspecified atom stereocenters. The van der Waals surface area contributed by atoms with Crippen LogP contribution in [0, 0.1) is 5.82 Å². The predicted molar refractivity (Wildman–Crippen MR) is 119 cm³/mol. The maximum Gasteiger partial charge on any atom is 0.248 e. The van der Waals surface area contributed by atoms with Gasteiger partial charge in [0.1, 0.15) is 5.82 Å². The number of fused-ring (bicyclic) bond motifs is 1. The van der Waals surface area contributed by atoms with E-state index in [0.29, 0.717) is 26.2 Å². The zero-order valence-electron chi connectivity index (χ0n) is 16.7. The van der Waals surface area contributed by atoms with E-state index >= 15 is 0 Å². The molecule has 0 saturated carbocycles. The molecule has 0 aliphatic carbocycles. The van der Waals surface area contributed by atoms with Crippen LogP contribution in [-0.4, -0.2) is 37.1 Å². The number of likely N-dealkylation sites (N-methyl/N-ethyl adjacent to an activating group) is 1. The van der Waals surface area contributed by atoms with E-state index in [2.05, 4.69) is 15.6 Å². The van der Waals surface area contributed by atoms with Gasteiger partial charge in [-0.1, -0.05) is 17.7 Å². The maximum absolute atomic E-state index is 13.7. The number of aromatic amines is 1. The number of halogens is 2. The molecule has 0 fully saturated rings. The summed E-state index contributed by atoms with van der Waals surface area (Å²) in [5.41, 5.74) is 2.32. The van der Waals surface area contributed by atoms with E-state index in [1.165, 1.54) is 12.1 Å². The van der Waals surface area contributed by atoms with Crippen LogP contribution in [0.5, 0.6) is 0 Å². The highest BCUT2D eigenvalue weighted by atomic mass is 35.5. The minimum Gasteiger partial charge on any atom is -0.370 e. The molecule has 0 bridgehead atoms. The fourth-order valence-corrected chi connectivity index (χ4v) is 3.26. The Kier molecular flexibility index (Phi) is 7.43. The lowest BCUT2D eigenvalue weighted by Crippen LogP contribution is -2.38. The Labute approximate surface area is 179 Å². The average Bonchev–Trinajstić information content (AvgIpc) is 2.74. The van der Waals surface area contributed by atoms with Gasteiger partial charge in [-0.25, -0.2) is 4.39 Å². The number of H-pyrrole nitrogens is 1. The largest absolute Gasteiger partial charge is 0.370 e. The van der Waals surface area contributed by atoms with Crippen LogP contribution in [0.3, 0.4) is 0 Å². The van der Waals surface area contributed by atoms with Gasteiger partial charge in [-0.05, 0) is 54.3 Å². The third kappa shape index (κ3) is 5.81. The van der Waals surface area contributed by atoms with E-state index in [1.807, 2.05) is 30.0 Å². The minimum absolute atomic E-state index is 0.101. The topological polar surface area (TPSA) is 77.2 Å². The lowest BCUT2D eigenvalue weighted by atomic mass is 10.1. The van der Waals surface area contributed by atoms with Crippen molar-refractivity contribution < 1.29 is 9.18 Å². The normalized spacial score (nSPS) is 10.9. The summed E-state index contributed by atoms with van der Waals surface area (Å²) in [6.45, 7) is 4.50. The molecule has 6 nitrogen and oxygen atoms in total. The standard InChI is InChI=1S/C22H24ClFN4O2/c1-2-28(17-5-6-18(23)19(24)12-17)10-9-25-14-22(30)26-13-15-3-7-20-16(11-15)4-8-21(29)27-20/h3-8,11-12,25H,2,9-10,13-14H2,1H3,(H,26,30)(H,27,29). The number of anilines is 1. The molecule has 0 radical (unpaired) electrons. The quantitative estimate of drug-likeness (QED) is 0.456. The number of rotatable bonds is 9. The summed E-state index contributed by atoms with van der Waals surface area (Å²) in [5, 5.41) is 6.99. The highest BCUT2D eigenvalue weighted by Crippen LogP contribution is 2.21. The van der Waals surface area contributed by atoms with Gasteiger partial charge in [-0.15, -0.1) is 0 Å². The Morgan fingerprint density at radius 2 is 2.00 bits per heavy atom. The van der Waals surface area contributed by atoms with Crippen molar-refractivity contribution in [2.75, 3.05) is 31.1 Å². The molecule has 0 spiro atoms. The summed E-state index contributed by atoms with van der Waals surface area (Å²) in [6.07, 6.45) is 0. The van der Waals surface area contributed by atoms with Gasteiger partial charge in [0.25, 0.3) is 0 Å². The van der Waals surface area contributed by atoms with Gasteiger partial charge in [0.15, 0.2) is 0 Å². The molecular weight excluding hydrogens is 407 g/mol. The van der Waals surface area contributed by atoms with Gasteiger partial charge in [0.2, 0.25) is 11.5 Å². The van der Waals surface area contributed by atoms with Crippen molar-refractivity contribution in [3.63, 3.8) is 0 Å². The number of carbonyl (C=O) groups excluding carboxylic acids is 1. The maximum atomic E-state index is 13.7. The molecule has 158 valence electrons. The first-order chi connectivity index (χ1) is 14.5. The number of hydrogen-bond donors (Lipinski definition) is 3. The molecule has 1 aromatic heterocycles. The molecular formula is C22H24ClFN4O2. The number of nitrogens with one attached hydrogen (secondary N) is 3. The van der Waals surface area contributed by atoms with Crippen molar-refractivity contribution in [1.29, 1.82) is 0 Å². The van der Waals surface area contributed by atoms with E-state index in [-0.39, 0.29) is 23.0 Å². The van der Waals surface area contributed by atoms with Crippen LogP contribution in [0.4, 0.5) is 10.1 Å². The molecule has 0 aliphatic heterocycles. The van der Waals surface area contributed by atoms with Gasteiger partial charge in [0, 0.05) is 43.4 Å². The second kappa shape index (κ2) is 10.2. The third-order valence-electron chi connectivity index (χ3n) is 4.77. The number of hydrogen-bond acceptors (Lipinski definition) is 4. The molecule has 1 heterocycles. The Morgan fingerprint density at radius 3 is 2.77 bits per heavy atom. The third-order valence-corrected chi connectivity index (χ3v) is 5.08. The number of pyridine rings is 1. The smallest absolute Gasteiger partial charge is 0.248 e. The molecule has 3 N–H and O–H groups in total. The Balaban J connectivity index is 1.42. The fraction of sp³-hybridized carbons (Fsp3) is 0.273. The first-order valence-electron chi connectivity index (χ1n) is 9.75. The second-order valence-electron chi connectivity index (χ2n) is 6.88. The first kappa shape index (κ1) is 21.8. The fourth-order valence-electron chi connectivity index (χ4n) is 3.14. The van der Waals surface area contributed by atoms with E-state index in [4.69, 9.17) is 11.6 Å². The summed E-state index contributed by atoms with van der Waals surface area (Å²) in [6, 6.07) is 13.6. The molecule has 3 rings (SSSR count). The molecule has 0 saturated heterocycles. The monoisotopic (exact) mass is 430 g/mol. The number of amides is 1. The summed E-state index contributed by atoms with van der Waals surface area (Å²) in [5.74, 6) is -0.558. The van der Waals surface area contributed by atoms with Gasteiger partial charge in [-0.2, -0.15) is 0 Å². The Bertz CT molecular complexity index is 1090. The van der Waals surface area contributed by atoms with Crippen molar-refractivity contribution >= 4 is 34.1 Å². The van der Waals surface area contributed by atoms with Crippen LogP contribution < -0.4 is 21.1 Å². The molecule has 2 aromatic carbocycles. The van der Waals surface area contributed by atoms with Crippen molar-refractivity contribution in [2.45, 2.75) is 13.5 Å². The van der Waals surface area contributed by atoms with Gasteiger partial charge in [0.05, 0.1) is 11.6 Å². The molecule has 30 heavy (non-hydrogen) atoms. The summed E-state index contributed by atoms with van der Waals surface area (Å²) < 4.78 is 13.7. The zero-order chi connectivity index (χ0) is 21.5. The van der Waals surface area contributed by atoms with Crippen LogP contribution in [-0.2, 0) is 11.3 Å². The van der Waals surface area contributed by atoms with E-state index in [0.717, 1.165) is 22.2 Å². The van der Waals surface area contributed by atoms with Crippen LogP contribution in [0.15, 0.2) is 53.3 Å². The predicted octanol–water partition coefficient (Wildman–Crippen LogP) is 3.05. The average molecular weight is 431 g/mol. The van der Waals surface area contributed by atoms with Crippen LogP contribution in [0.1, 0.15) is 12.5 Å². The number of nitrogens with zero attached hydrogens (tertiary/aromatic N) is 1. The van der Waals surface area contributed by atoms with Gasteiger partial charge >= 0.3 is 0 Å². The number of benzene rings is 2. The van der Waals surface area contributed by atoms with Crippen molar-refractivity contribution in [2.24, 2.45) is 0 Å². The van der Waals surface area contributed by atoms with Crippen molar-refractivity contribution in [3.05, 3.63) is 75.3 Å². The van der Waals surface area contributed by atoms with Gasteiger partial charge < -0.3 is 20.5 Å². The second-order valence-corrected chi connectivity index (χ2v) is 7.28. The Morgan fingerprint density at radius 1 is 1.17 bits per heavy atom. The van der Waals surface area contributed by atoms with Crippen molar-refractivity contribution in [1.82, 2.24) is 15.6 Å². The molecule has 1 amide bonds. The Hall–Kier alpha value is -2.90. The lowest BCUT2D eigenvalue weighted by molar-refractivity contribution is -0.120. The first-order valence-corrected chi connectivity index (χ1v) is 10.1. The highest BCUT2D eigenvalue weighted by Gasteiger charge is 2.08. The van der Waals surface area contributed by atoms with Crippen molar-refractivity contribution in [3.8, 4) is 0 Å².